The molecule has 1 amide bonds. The first-order chi connectivity index (χ1) is 12.1. The summed E-state index contributed by atoms with van der Waals surface area (Å²) in [5, 5.41) is 0.725. The number of pyridine rings is 1. The number of aromatic nitrogens is 1. The highest BCUT2D eigenvalue weighted by Crippen LogP contribution is 2.14. The Morgan fingerprint density at radius 3 is 2.64 bits per heavy atom. The quantitative estimate of drug-likeness (QED) is 0.823. The lowest BCUT2D eigenvalue weighted by molar-refractivity contribution is -0.132. The molecule has 0 atom stereocenters. The summed E-state index contributed by atoms with van der Waals surface area (Å²) < 4.78 is 0. The molecule has 0 bridgehead atoms. The predicted molar refractivity (Wildman–Crippen MR) is 101 cm³/mol. The van der Waals surface area contributed by atoms with Crippen molar-refractivity contribution in [1.29, 1.82) is 0 Å². The molecule has 1 aliphatic heterocycles. The van der Waals surface area contributed by atoms with E-state index in [1.54, 1.807) is 6.20 Å². The van der Waals surface area contributed by atoms with Gasteiger partial charge in [0, 0.05) is 43.9 Å². The first kappa shape index (κ1) is 17.7. The smallest absolute Gasteiger partial charge is 0.236 e. The normalized spacial score (nSPS) is 14.8. The number of halogens is 1. The van der Waals surface area contributed by atoms with Crippen LogP contribution in [0.1, 0.15) is 5.56 Å². The van der Waals surface area contributed by atoms with Crippen molar-refractivity contribution in [3.8, 4) is 0 Å². The molecule has 0 spiro atoms. The van der Waals surface area contributed by atoms with Gasteiger partial charge in [-0.1, -0.05) is 29.8 Å². The molecular weight excluding hydrogens is 336 g/mol. The summed E-state index contributed by atoms with van der Waals surface area (Å²) in [7, 11) is 1.96. The van der Waals surface area contributed by atoms with Gasteiger partial charge in [0.1, 0.15) is 5.82 Å². The van der Waals surface area contributed by atoms with Gasteiger partial charge in [0.2, 0.25) is 5.91 Å². The second-order valence-electron chi connectivity index (χ2n) is 6.36. The van der Waals surface area contributed by atoms with Crippen molar-refractivity contribution in [3.63, 3.8) is 0 Å². The first-order valence-corrected chi connectivity index (χ1v) is 8.86. The maximum atomic E-state index is 12.5. The van der Waals surface area contributed by atoms with E-state index in [9.17, 15) is 4.79 Å². The molecule has 3 rings (SSSR count). The SMILES string of the molecule is CN(CC(=O)N1CCN(c2ccccn2)CC1)Cc1cccc(Cl)c1. The monoisotopic (exact) mass is 358 g/mol. The zero-order valence-electron chi connectivity index (χ0n) is 14.4. The van der Waals surface area contributed by atoms with Gasteiger partial charge in [0.05, 0.1) is 6.54 Å². The highest BCUT2D eigenvalue weighted by molar-refractivity contribution is 6.30. The second kappa shape index (κ2) is 8.32. The average molecular weight is 359 g/mol. The highest BCUT2D eigenvalue weighted by atomic mass is 35.5. The summed E-state index contributed by atoms with van der Waals surface area (Å²) >= 11 is 6.02. The Morgan fingerprint density at radius 1 is 1.16 bits per heavy atom. The Hall–Kier alpha value is -2.11. The summed E-state index contributed by atoms with van der Waals surface area (Å²) in [6.45, 7) is 4.23. The number of amides is 1. The largest absolute Gasteiger partial charge is 0.353 e. The van der Waals surface area contributed by atoms with Crippen molar-refractivity contribution >= 4 is 23.3 Å². The Bertz CT molecular complexity index is 702. The second-order valence-corrected chi connectivity index (χ2v) is 6.79. The van der Waals surface area contributed by atoms with Crippen LogP contribution in [-0.2, 0) is 11.3 Å². The Labute approximate surface area is 153 Å². The summed E-state index contributed by atoms with van der Waals surface area (Å²) in [5.41, 5.74) is 1.11. The molecule has 6 heteroatoms. The van der Waals surface area contributed by atoms with E-state index in [-0.39, 0.29) is 5.91 Å². The molecule has 2 aromatic rings. The molecule has 1 saturated heterocycles. The van der Waals surface area contributed by atoms with E-state index in [2.05, 4.69) is 9.88 Å². The van der Waals surface area contributed by atoms with Gasteiger partial charge in [-0.2, -0.15) is 0 Å². The molecule has 0 N–H and O–H groups in total. The number of nitrogens with zero attached hydrogens (tertiary/aromatic N) is 4. The van der Waals surface area contributed by atoms with Crippen molar-refractivity contribution in [2.24, 2.45) is 0 Å². The van der Waals surface area contributed by atoms with Crippen LogP contribution in [0, 0.1) is 0 Å². The fourth-order valence-electron chi connectivity index (χ4n) is 3.06. The van der Waals surface area contributed by atoms with Gasteiger partial charge >= 0.3 is 0 Å². The highest BCUT2D eigenvalue weighted by Gasteiger charge is 2.22. The van der Waals surface area contributed by atoms with E-state index < -0.39 is 0 Å². The zero-order valence-corrected chi connectivity index (χ0v) is 15.2. The lowest BCUT2D eigenvalue weighted by atomic mass is 10.2. The number of benzene rings is 1. The fraction of sp³-hybridized carbons (Fsp3) is 0.368. The number of piperazine rings is 1. The van der Waals surface area contributed by atoms with Gasteiger partial charge in [0.25, 0.3) is 0 Å². The standard InChI is InChI=1S/C19H23ClN4O/c1-22(14-16-5-4-6-17(20)13-16)15-19(25)24-11-9-23(10-12-24)18-7-2-3-8-21-18/h2-8,13H,9-12,14-15H2,1H3. The molecule has 0 saturated carbocycles. The van der Waals surface area contributed by atoms with Crippen LogP contribution >= 0.6 is 11.6 Å². The Balaban J connectivity index is 1.47. The summed E-state index contributed by atoms with van der Waals surface area (Å²) in [5.74, 6) is 1.15. The van der Waals surface area contributed by atoms with Crippen LogP contribution in [0.4, 0.5) is 5.82 Å². The molecule has 132 valence electrons. The number of likely N-dealkylation sites (N-methyl/N-ethyl adjacent to an activating group) is 1. The van der Waals surface area contributed by atoms with Gasteiger partial charge < -0.3 is 9.80 Å². The molecule has 0 aliphatic carbocycles. The summed E-state index contributed by atoms with van der Waals surface area (Å²) in [6, 6.07) is 13.7. The van der Waals surface area contributed by atoms with Crippen molar-refractivity contribution < 1.29 is 4.79 Å². The third-order valence-electron chi connectivity index (χ3n) is 4.35. The fourth-order valence-corrected chi connectivity index (χ4v) is 3.27. The predicted octanol–water partition coefficient (Wildman–Crippen LogP) is 2.52. The minimum Gasteiger partial charge on any atom is -0.353 e. The van der Waals surface area contributed by atoms with Crippen LogP contribution in [0.25, 0.3) is 0 Å². The number of hydrogen-bond donors (Lipinski definition) is 0. The minimum atomic E-state index is 0.171. The molecule has 2 heterocycles. The zero-order chi connectivity index (χ0) is 17.6. The lowest BCUT2D eigenvalue weighted by Crippen LogP contribution is -2.51. The topological polar surface area (TPSA) is 39.7 Å². The number of anilines is 1. The molecule has 0 unspecified atom stereocenters. The number of carbonyl (C=O) groups is 1. The first-order valence-electron chi connectivity index (χ1n) is 8.48. The van der Waals surface area contributed by atoms with Crippen LogP contribution in [0.2, 0.25) is 5.02 Å². The van der Waals surface area contributed by atoms with E-state index in [0.29, 0.717) is 13.1 Å². The molecule has 1 aliphatic rings. The lowest BCUT2D eigenvalue weighted by Gasteiger charge is -2.36. The van der Waals surface area contributed by atoms with Crippen molar-refractivity contribution in [2.75, 3.05) is 44.7 Å². The maximum absolute atomic E-state index is 12.5. The molecule has 0 radical (unpaired) electrons. The number of rotatable bonds is 5. The van der Waals surface area contributed by atoms with E-state index in [1.165, 1.54) is 0 Å². The van der Waals surface area contributed by atoms with Crippen LogP contribution in [0.3, 0.4) is 0 Å². The average Bonchev–Trinajstić information content (AvgIpc) is 2.62. The number of carbonyl (C=O) groups excluding carboxylic acids is 1. The van der Waals surface area contributed by atoms with Crippen molar-refractivity contribution in [2.45, 2.75) is 6.54 Å². The van der Waals surface area contributed by atoms with Crippen LogP contribution in [0.15, 0.2) is 48.7 Å². The maximum Gasteiger partial charge on any atom is 0.236 e. The molecule has 5 nitrogen and oxygen atoms in total. The molecule has 1 fully saturated rings. The summed E-state index contributed by atoms with van der Waals surface area (Å²) in [4.78, 5) is 23.1. The molecule has 25 heavy (non-hydrogen) atoms. The van der Waals surface area contributed by atoms with Crippen molar-refractivity contribution in [1.82, 2.24) is 14.8 Å². The van der Waals surface area contributed by atoms with Gasteiger partial charge in [-0.15, -0.1) is 0 Å². The van der Waals surface area contributed by atoms with Gasteiger partial charge in [-0.25, -0.2) is 4.98 Å². The Morgan fingerprint density at radius 2 is 1.96 bits per heavy atom. The minimum absolute atomic E-state index is 0.171. The number of hydrogen-bond acceptors (Lipinski definition) is 4. The van der Waals surface area contributed by atoms with E-state index in [4.69, 9.17) is 11.6 Å². The summed E-state index contributed by atoms with van der Waals surface area (Å²) in [6.07, 6.45) is 1.80. The van der Waals surface area contributed by atoms with E-state index in [1.807, 2.05) is 59.3 Å². The van der Waals surface area contributed by atoms with E-state index in [0.717, 1.165) is 42.6 Å². The molecule has 1 aromatic heterocycles. The molecular formula is C19H23ClN4O. The molecule has 1 aromatic carbocycles. The third-order valence-corrected chi connectivity index (χ3v) is 4.59. The van der Waals surface area contributed by atoms with Gasteiger partial charge in [-0.05, 0) is 36.9 Å². The third kappa shape index (κ3) is 4.94. The van der Waals surface area contributed by atoms with Crippen LogP contribution in [-0.4, -0.2) is 60.5 Å². The van der Waals surface area contributed by atoms with Crippen molar-refractivity contribution in [3.05, 3.63) is 59.2 Å². The Kier molecular flexibility index (Phi) is 5.89. The van der Waals surface area contributed by atoms with Gasteiger partial charge in [-0.3, -0.25) is 9.69 Å². The van der Waals surface area contributed by atoms with Gasteiger partial charge in [0.15, 0.2) is 0 Å². The van der Waals surface area contributed by atoms with Crippen LogP contribution in [0.5, 0.6) is 0 Å². The van der Waals surface area contributed by atoms with Crippen LogP contribution < -0.4 is 4.90 Å². The van der Waals surface area contributed by atoms with E-state index >= 15 is 0 Å².